The molecule has 2 unspecified atom stereocenters. The zero-order chi connectivity index (χ0) is 16.4. The molecule has 5 nitrogen and oxygen atoms in total. The summed E-state index contributed by atoms with van der Waals surface area (Å²) in [6.07, 6.45) is 3.11. The Morgan fingerprint density at radius 1 is 1.22 bits per heavy atom. The quantitative estimate of drug-likeness (QED) is 0.908. The first-order chi connectivity index (χ1) is 11.0. The first kappa shape index (κ1) is 14.2. The van der Waals surface area contributed by atoms with Gasteiger partial charge in [-0.1, -0.05) is 12.1 Å². The van der Waals surface area contributed by atoms with E-state index in [0.717, 1.165) is 0 Å². The van der Waals surface area contributed by atoms with Crippen molar-refractivity contribution >= 4 is 11.6 Å². The minimum Gasteiger partial charge on any atom is -0.507 e. The zero-order valence-electron chi connectivity index (χ0n) is 12.9. The molecule has 0 aliphatic heterocycles. The number of rotatable bonds is 2. The summed E-state index contributed by atoms with van der Waals surface area (Å²) in [5.74, 6) is -0.276. The third-order valence-electron chi connectivity index (χ3n) is 5.15. The minimum absolute atomic E-state index is 0.0765. The Labute approximate surface area is 133 Å². The molecule has 1 aromatic rings. The predicted molar refractivity (Wildman–Crippen MR) is 81.3 cm³/mol. The van der Waals surface area contributed by atoms with Gasteiger partial charge in [-0.05, 0) is 25.0 Å². The molecule has 0 saturated heterocycles. The number of methoxy groups -OCH3 is 2. The lowest BCUT2D eigenvalue weighted by molar-refractivity contribution is 0.0220. The molecule has 2 atom stereocenters. The third-order valence-corrected chi connectivity index (χ3v) is 5.15. The molecule has 5 rings (SSSR count). The van der Waals surface area contributed by atoms with Crippen LogP contribution in [0.25, 0.3) is 0 Å². The van der Waals surface area contributed by atoms with Crippen molar-refractivity contribution in [2.24, 2.45) is 5.92 Å². The molecular formula is C18H16O5. The Morgan fingerprint density at radius 2 is 2.00 bits per heavy atom. The second-order valence-corrected chi connectivity index (χ2v) is 6.08. The van der Waals surface area contributed by atoms with E-state index in [4.69, 9.17) is 9.47 Å². The van der Waals surface area contributed by atoms with Gasteiger partial charge in [0.05, 0.1) is 12.7 Å². The van der Waals surface area contributed by atoms with Crippen molar-refractivity contribution in [1.29, 1.82) is 0 Å². The van der Waals surface area contributed by atoms with Gasteiger partial charge in [0.2, 0.25) is 0 Å². The van der Waals surface area contributed by atoms with Gasteiger partial charge in [-0.2, -0.15) is 0 Å². The van der Waals surface area contributed by atoms with E-state index in [9.17, 15) is 14.7 Å². The van der Waals surface area contributed by atoms with Crippen LogP contribution in [-0.4, -0.2) is 36.5 Å². The first-order valence-corrected chi connectivity index (χ1v) is 7.52. The molecule has 0 fully saturated rings. The minimum atomic E-state index is -0.956. The largest absolute Gasteiger partial charge is 0.507 e. The van der Waals surface area contributed by atoms with E-state index in [1.54, 1.807) is 25.3 Å². The second-order valence-electron chi connectivity index (χ2n) is 6.08. The SMILES string of the molecule is COC1=CC2(OC)CCC1C1=C2C(=O)c2c(O)cccc2C1=O. The fraction of sp³-hybridized carbons (Fsp3) is 0.333. The van der Waals surface area contributed by atoms with Crippen molar-refractivity contribution in [3.63, 3.8) is 0 Å². The van der Waals surface area contributed by atoms with Crippen LogP contribution >= 0.6 is 0 Å². The number of allylic oxidation sites excluding steroid dienone is 1. The van der Waals surface area contributed by atoms with E-state index < -0.39 is 5.60 Å². The molecule has 0 aromatic heterocycles. The topological polar surface area (TPSA) is 72.8 Å². The molecule has 0 heterocycles. The van der Waals surface area contributed by atoms with E-state index in [1.807, 2.05) is 0 Å². The maximum Gasteiger partial charge on any atom is 0.197 e. The summed E-state index contributed by atoms with van der Waals surface area (Å²) in [7, 11) is 3.09. The van der Waals surface area contributed by atoms with Crippen LogP contribution in [0.4, 0.5) is 0 Å². The molecule has 0 radical (unpaired) electrons. The number of ether oxygens (including phenoxy) is 2. The van der Waals surface area contributed by atoms with E-state index in [1.165, 1.54) is 13.2 Å². The van der Waals surface area contributed by atoms with Gasteiger partial charge >= 0.3 is 0 Å². The van der Waals surface area contributed by atoms with Gasteiger partial charge in [0.15, 0.2) is 11.6 Å². The van der Waals surface area contributed by atoms with Crippen LogP contribution in [0.2, 0.25) is 0 Å². The highest BCUT2D eigenvalue weighted by atomic mass is 16.5. The monoisotopic (exact) mass is 312 g/mol. The smallest absolute Gasteiger partial charge is 0.197 e. The molecule has 118 valence electrons. The molecule has 4 aliphatic rings. The average molecular weight is 312 g/mol. The van der Waals surface area contributed by atoms with Crippen molar-refractivity contribution in [2.75, 3.05) is 14.2 Å². The summed E-state index contributed by atoms with van der Waals surface area (Å²) in [6.45, 7) is 0. The number of hydrogen-bond donors (Lipinski definition) is 1. The van der Waals surface area contributed by atoms with Crippen LogP contribution in [-0.2, 0) is 9.47 Å². The van der Waals surface area contributed by atoms with E-state index >= 15 is 0 Å². The van der Waals surface area contributed by atoms with E-state index in [2.05, 4.69) is 0 Å². The Bertz CT molecular complexity index is 817. The van der Waals surface area contributed by atoms with E-state index in [0.29, 0.717) is 29.7 Å². The highest BCUT2D eigenvalue weighted by Gasteiger charge is 2.54. The summed E-state index contributed by atoms with van der Waals surface area (Å²) < 4.78 is 11.1. The molecule has 4 aliphatic carbocycles. The number of phenols is 1. The Balaban J connectivity index is 2.01. The Hall–Kier alpha value is -2.40. The van der Waals surface area contributed by atoms with Crippen LogP contribution in [0.3, 0.4) is 0 Å². The summed E-state index contributed by atoms with van der Waals surface area (Å²) in [5, 5.41) is 10.1. The van der Waals surface area contributed by atoms with Crippen LogP contribution in [0.15, 0.2) is 41.2 Å². The fourth-order valence-corrected chi connectivity index (χ4v) is 4.08. The highest BCUT2D eigenvalue weighted by molar-refractivity contribution is 6.29. The average Bonchev–Trinajstić information content (AvgIpc) is 2.59. The van der Waals surface area contributed by atoms with Crippen LogP contribution in [0.1, 0.15) is 33.6 Å². The Morgan fingerprint density at radius 3 is 2.70 bits per heavy atom. The van der Waals surface area contributed by atoms with Gasteiger partial charge in [0.1, 0.15) is 17.1 Å². The molecule has 5 heteroatoms. The number of carbonyl (C=O) groups excluding carboxylic acids is 2. The molecule has 2 bridgehead atoms. The zero-order valence-corrected chi connectivity index (χ0v) is 12.9. The van der Waals surface area contributed by atoms with Crippen molar-refractivity contribution in [3.8, 4) is 5.75 Å². The number of fused-ring (bicyclic) bond motifs is 2. The number of phenolic OH excluding ortho intramolecular Hbond substituents is 1. The number of ketones is 2. The summed E-state index contributed by atoms with van der Waals surface area (Å²) in [4.78, 5) is 26.0. The third kappa shape index (κ3) is 1.60. The Kier molecular flexibility index (Phi) is 2.81. The van der Waals surface area contributed by atoms with Crippen molar-refractivity contribution in [2.45, 2.75) is 18.4 Å². The molecule has 23 heavy (non-hydrogen) atoms. The second kappa shape index (κ2) is 4.55. The van der Waals surface area contributed by atoms with Gasteiger partial charge in [-0.3, -0.25) is 9.59 Å². The van der Waals surface area contributed by atoms with Crippen molar-refractivity contribution in [1.82, 2.24) is 0 Å². The predicted octanol–water partition coefficient (Wildman–Crippen LogP) is 2.41. The lowest BCUT2D eigenvalue weighted by Gasteiger charge is -2.46. The molecule has 0 amide bonds. The molecule has 0 spiro atoms. The molecule has 1 N–H and O–H groups in total. The summed E-state index contributed by atoms with van der Waals surface area (Å²) in [5.41, 5.74) is 0.189. The maximum atomic E-state index is 13.0. The highest BCUT2D eigenvalue weighted by Crippen LogP contribution is 2.53. The first-order valence-electron chi connectivity index (χ1n) is 7.52. The summed E-state index contributed by atoms with van der Waals surface area (Å²) >= 11 is 0. The number of benzene rings is 1. The lowest BCUT2D eigenvalue weighted by atomic mass is 9.61. The maximum absolute atomic E-state index is 13.0. The number of aromatic hydroxyl groups is 1. The molecule has 0 saturated carbocycles. The van der Waals surface area contributed by atoms with Gasteiger partial charge in [0.25, 0.3) is 0 Å². The normalized spacial score (nSPS) is 28.4. The lowest BCUT2D eigenvalue weighted by Crippen LogP contribution is -2.49. The van der Waals surface area contributed by atoms with Gasteiger partial charge in [-0.15, -0.1) is 0 Å². The number of carbonyl (C=O) groups is 2. The van der Waals surface area contributed by atoms with Crippen molar-refractivity contribution < 1.29 is 24.2 Å². The molecular weight excluding hydrogens is 296 g/mol. The van der Waals surface area contributed by atoms with Crippen LogP contribution in [0, 0.1) is 5.92 Å². The fourth-order valence-electron chi connectivity index (χ4n) is 4.08. The molecule has 1 aromatic carbocycles. The van der Waals surface area contributed by atoms with Crippen molar-refractivity contribution in [3.05, 3.63) is 52.3 Å². The van der Waals surface area contributed by atoms with Gasteiger partial charge < -0.3 is 14.6 Å². The number of hydrogen-bond acceptors (Lipinski definition) is 5. The van der Waals surface area contributed by atoms with Crippen LogP contribution < -0.4 is 0 Å². The number of Topliss-reactive ketones (excluding diaryl/α,β-unsaturated/α-hetero) is 2. The van der Waals surface area contributed by atoms with Gasteiger partial charge in [-0.25, -0.2) is 0 Å². The van der Waals surface area contributed by atoms with E-state index in [-0.39, 0.29) is 34.4 Å². The standard InChI is InChI=1S/C18H16O5/c1-22-12-8-18(23-2)7-6-9(12)14-15(18)17(21)13-10(16(14)20)4-3-5-11(13)19/h3-5,8-9,19H,6-7H2,1-2H3. The van der Waals surface area contributed by atoms with Crippen LogP contribution in [0.5, 0.6) is 5.75 Å². The van der Waals surface area contributed by atoms with Gasteiger partial charge in [0, 0.05) is 29.7 Å². The summed E-state index contributed by atoms with van der Waals surface area (Å²) in [6, 6.07) is 4.58.